The van der Waals surface area contributed by atoms with Crippen molar-refractivity contribution in [3.63, 3.8) is 0 Å². The van der Waals surface area contributed by atoms with E-state index in [0.717, 1.165) is 12.8 Å². The first kappa shape index (κ1) is 17.5. The molecule has 0 aliphatic carbocycles. The maximum atomic E-state index is 14.5. The molecule has 126 valence electrons. The highest BCUT2D eigenvalue weighted by Crippen LogP contribution is 2.37. The van der Waals surface area contributed by atoms with Crippen LogP contribution in [0.25, 0.3) is 11.1 Å². The second kappa shape index (κ2) is 7.59. The predicted octanol–water partition coefficient (Wildman–Crippen LogP) is 2.87. The maximum absolute atomic E-state index is 14.5. The van der Waals surface area contributed by atoms with Crippen LogP contribution in [0.5, 0.6) is 5.75 Å². The van der Waals surface area contributed by atoms with E-state index in [4.69, 9.17) is 16.2 Å². The molecule has 5 nitrogen and oxygen atoms in total. The Balaban J connectivity index is 2.71. The van der Waals surface area contributed by atoms with Crippen LogP contribution in [0, 0.1) is 5.82 Å². The molecule has 0 bridgehead atoms. The Labute approximate surface area is 139 Å². The van der Waals surface area contributed by atoms with Crippen LogP contribution in [0.4, 0.5) is 4.39 Å². The number of halogens is 1. The molecule has 0 unspecified atom stereocenters. The third kappa shape index (κ3) is 3.53. The number of carbonyl (C=O) groups excluding carboxylic acids is 2. The van der Waals surface area contributed by atoms with Crippen molar-refractivity contribution >= 4 is 11.8 Å². The van der Waals surface area contributed by atoms with Gasteiger partial charge < -0.3 is 16.2 Å². The highest BCUT2D eigenvalue weighted by atomic mass is 19.1. The number of amides is 2. The van der Waals surface area contributed by atoms with Crippen molar-refractivity contribution in [1.82, 2.24) is 0 Å². The van der Waals surface area contributed by atoms with Crippen molar-refractivity contribution in [3.8, 4) is 16.9 Å². The molecular formula is C18H19FN2O3. The summed E-state index contributed by atoms with van der Waals surface area (Å²) in [5, 5.41) is 0. The Kier molecular flexibility index (Phi) is 5.52. The van der Waals surface area contributed by atoms with E-state index in [1.807, 2.05) is 6.92 Å². The molecule has 2 aromatic carbocycles. The number of benzene rings is 2. The van der Waals surface area contributed by atoms with Gasteiger partial charge in [-0.1, -0.05) is 25.5 Å². The van der Waals surface area contributed by atoms with Crippen LogP contribution in [-0.2, 0) is 0 Å². The number of unbranched alkanes of at least 4 members (excludes halogenated alkanes) is 1. The molecule has 0 heterocycles. The topological polar surface area (TPSA) is 95.4 Å². The number of primary amides is 2. The van der Waals surface area contributed by atoms with Gasteiger partial charge in [-0.05, 0) is 30.7 Å². The summed E-state index contributed by atoms with van der Waals surface area (Å²) in [6, 6.07) is 8.62. The van der Waals surface area contributed by atoms with Crippen LogP contribution >= 0.6 is 0 Å². The molecule has 0 saturated heterocycles. The third-order valence-corrected chi connectivity index (χ3v) is 3.58. The van der Waals surface area contributed by atoms with Crippen LogP contribution in [0.1, 0.15) is 40.5 Å². The summed E-state index contributed by atoms with van der Waals surface area (Å²) in [6.07, 6.45) is 1.70. The van der Waals surface area contributed by atoms with E-state index in [9.17, 15) is 14.0 Å². The largest absolute Gasteiger partial charge is 0.493 e. The van der Waals surface area contributed by atoms with Gasteiger partial charge in [0.2, 0.25) is 11.8 Å². The second-order valence-corrected chi connectivity index (χ2v) is 5.27. The van der Waals surface area contributed by atoms with E-state index in [1.165, 1.54) is 30.3 Å². The quantitative estimate of drug-likeness (QED) is 0.764. The molecule has 0 aromatic heterocycles. The number of carbonyl (C=O) groups is 2. The maximum Gasteiger partial charge on any atom is 0.249 e. The van der Waals surface area contributed by atoms with Gasteiger partial charge in [-0.25, -0.2) is 4.39 Å². The Bertz CT molecular complexity index is 743. The van der Waals surface area contributed by atoms with Gasteiger partial charge in [0.25, 0.3) is 0 Å². The molecular weight excluding hydrogens is 311 g/mol. The minimum atomic E-state index is -0.782. The number of nitrogens with two attached hydrogens (primary N) is 2. The standard InChI is InChI=1S/C18H19FN2O3/c1-2-3-10-24-14-9-5-8-13(19)16(14)15-11(17(20)22)6-4-7-12(15)18(21)23/h4-9H,2-3,10H2,1H3,(H2,20,22)(H2,21,23). The Morgan fingerprint density at radius 2 is 1.58 bits per heavy atom. The van der Waals surface area contributed by atoms with Crippen LogP contribution in [-0.4, -0.2) is 18.4 Å². The molecule has 0 aliphatic heterocycles. The van der Waals surface area contributed by atoms with E-state index < -0.39 is 17.6 Å². The molecule has 0 fully saturated rings. The highest BCUT2D eigenvalue weighted by molar-refractivity contribution is 6.09. The molecule has 0 atom stereocenters. The first-order valence-electron chi connectivity index (χ1n) is 7.61. The second-order valence-electron chi connectivity index (χ2n) is 5.27. The fourth-order valence-electron chi connectivity index (χ4n) is 2.43. The molecule has 2 amide bonds. The van der Waals surface area contributed by atoms with Crippen LogP contribution in [0.15, 0.2) is 36.4 Å². The van der Waals surface area contributed by atoms with Gasteiger partial charge in [0.1, 0.15) is 11.6 Å². The van der Waals surface area contributed by atoms with Gasteiger partial charge in [0.05, 0.1) is 12.2 Å². The smallest absolute Gasteiger partial charge is 0.249 e. The molecule has 2 rings (SSSR count). The summed E-state index contributed by atoms with van der Waals surface area (Å²) in [4.78, 5) is 23.5. The Morgan fingerprint density at radius 1 is 1.00 bits per heavy atom. The zero-order valence-electron chi connectivity index (χ0n) is 13.3. The van der Waals surface area contributed by atoms with E-state index in [2.05, 4.69) is 0 Å². The molecule has 2 aromatic rings. The summed E-state index contributed by atoms with van der Waals surface area (Å²) in [5.41, 5.74) is 10.9. The zero-order chi connectivity index (χ0) is 17.7. The van der Waals surface area contributed by atoms with Crippen LogP contribution < -0.4 is 16.2 Å². The lowest BCUT2D eigenvalue weighted by Crippen LogP contribution is -2.18. The average molecular weight is 330 g/mol. The van der Waals surface area contributed by atoms with Gasteiger partial charge in [-0.3, -0.25) is 9.59 Å². The molecule has 6 heteroatoms. The van der Waals surface area contributed by atoms with E-state index in [0.29, 0.717) is 6.61 Å². The van der Waals surface area contributed by atoms with Crippen molar-refractivity contribution in [1.29, 1.82) is 0 Å². The molecule has 24 heavy (non-hydrogen) atoms. The molecule has 0 radical (unpaired) electrons. The van der Waals surface area contributed by atoms with Gasteiger partial charge in [0, 0.05) is 16.7 Å². The molecule has 0 spiro atoms. The number of hydrogen-bond acceptors (Lipinski definition) is 3. The van der Waals surface area contributed by atoms with E-state index in [-0.39, 0.29) is 28.0 Å². The van der Waals surface area contributed by atoms with Gasteiger partial charge in [-0.2, -0.15) is 0 Å². The van der Waals surface area contributed by atoms with Gasteiger partial charge >= 0.3 is 0 Å². The molecule has 0 saturated carbocycles. The lowest BCUT2D eigenvalue weighted by molar-refractivity contribution is 0.0999. The summed E-state index contributed by atoms with van der Waals surface area (Å²) in [7, 11) is 0. The van der Waals surface area contributed by atoms with Crippen molar-refractivity contribution in [2.45, 2.75) is 19.8 Å². The van der Waals surface area contributed by atoms with Crippen LogP contribution in [0.3, 0.4) is 0 Å². The zero-order valence-corrected chi connectivity index (χ0v) is 13.3. The predicted molar refractivity (Wildman–Crippen MR) is 89.3 cm³/mol. The fraction of sp³-hybridized carbons (Fsp3) is 0.222. The number of hydrogen-bond donors (Lipinski definition) is 2. The number of ether oxygens (including phenoxy) is 1. The molecule has 4 N–H and O–H groups in total. The summed E-state index contributed by atoms with van der Waals surface area (Å²) in [5.74, 6) is -1.95. The van der Waals surface area contributed by atoms with Crippen molar-refractivity contribution in [3.05, 3.63) is 53.3 Å². The van der Waals surface area contributed by atoms with E-state index in [1.54, 1.807) is 6.07 Å². The van der Waals surface area contributed by atoms with Crippen molar-refractivity contribution in [2.24, 2.45) is 11.5 Å². The normalized spacial score (nSPS) is 10.4. The Morgan fingerprint density at radius 3 is 2.12 bits per heavy atom. The van der Waals surface area contributed by atoms with Crippen LogP contribution in [0.2, 0.25) is 0 Å². The molecule has 0 aliphatic rings. The average Bonchev–Trinajstić information content (AvgIpc) is 2.54. The van der Waals surface area contributed by atoms with Gasteiger partial charge in [0.15, 0.2) is 0 Å². The highest BCUT2D eigenvalue weighted by Gasteiger charge is 2.23. The van der Waals surface area contributed by atoms with E-state index >= 15 is 0 Å². The fourth-order valence-corrected chi connectivity index (χ4v) is 2.43. The van der Waals surface area contributed by atoms with Crippen molar-refractivity contribution in [2.75, 3.05) is 6.61 Å². The lowest BCUT2D eigenvalue weighted by atomic mass is 9.92. The monoisotopic (exact) mass is 330 g/mol. The van der Waals surface area contributed by atoms with Gasteiger partial charge in [-0.15, -0.1) is 0 Å². The lowest BCUT2D eigenvalue weighted by Gasteiger charge is -2.16. The summed E-state index contributed by atoms with van der Waals surface area (Å²) in [6.45, 7) is 2.39. The summed E-state index contributed by atoms with van der Waals surface area (Å²) < 4.78 is 20.2. The van der Waals surface area contributed by atoms with Crippen molar-refractivity contribution < 1.29 is 18.7 Å². The minimum Gasteiger partial charge on any atom is -0.493 e. The SMILES string of the molecule is CCCCOc1cccc(F)c1-c1c(C(N)=O)cccc1C(N)=O. The number of rotatable bonds is 7. The third-order valence-electron chi connectivity index (χ3n) is 3.58. The Hall–Kier alpha value is -2.89. The minimum absolute atomic E-state index is 0.0109. The first-order valence-corrected chi connectivity index (χ1v) is 7.61. The summed E-state index contributed by atoms with van der Waals surface area (Å²) >= 11 is 0. The first-order chi connectivity index (χ1) is 11.5.